The highest BCUT2D eigenvalue weighted by molar-refractivity contribution is 5.63. The van der Waals surface area contributed by atoms with Crippen molar-refractivity contribution in [2.24, 2.45) is 0 Å². The Labute approximate surface area is 168 Å². The Morgan fingerprint density at radius 1 is 1.04 bits per heavy atom. The molecule has 2 unspecified atom stereocenters. The van der Waals surface area contributed by atoms with E-state index >= 15 is 0 Å². The summed E-state index contributed by atoms with van der Waals surface area (Å²) in [7, 11) is 0. The zero-order valence-electron chi connectivity index (χ0n) is 16.7. The van der Waals surface area contributed by atoms with Crippen molar-refractivity contribution >= 4 is 5.76 Å². The quantitative estimate of drug-likeness (QED) is 0.697. The normalized spacial score (nSPS) is 27.2. The van der Waals surface area contributed by atoms with E-state index < -0.39 is 0 Å². The van der Waals surface area contributed by atoms with Crippen molar-refractivity contribution in [3.8, 4) is 0 Å². The second-order valence-electron chi connectivity index (χ2n) is 8.47. The standard InChI is InChI=1S/C25H29NO2/c1-18-6-5-13-26(18)23-12-11-20-14-22(10-9-21(20)15-23)25-17-27-16-24(28-25)19-7-3-2-4-8-19/h2-3,7,9-10,14,16-18,23H,4-6,8,11-13,15H2,1H3. The van der Waals surface area contributed by atoms with Crippen LogP contribution in [0.25, 0.3) is 5.76 Å². The summed E-state index contributed by atoms with van der Waals surface area (Å²) < 4.78 is 11.8. The van der Waals surface area contributed by atoms with Crippen LogP contribution in [0.15, 0.2) is 60.3 Å². The van der Waals surface area contributed by atoms with Crippen LogP contribution in [0, 0.1) is 0 Å². The van der Waals surface area contributed by atoms with E-state index in [1.165, 1.54) is 48.9 Å². The van der Waals surface area contributed by atoms with Gasteiger partial charge in [0.05, 0.1) is 0 Å². The molecule has 146 valence electrons. The first kappa shape index (κ1) is 17.8. The zero-order valence-corrected chi connectivity index (χ0v) is 16.7. The van der Waals surface area contributed by atoms with Gasteiger partial charge in [0, 0.05) is 17.6 Å². The van der Waals surface area contributed by atoms with Gasteiger partial charge in [0.25, 0.3) is 0 Å². The summed E-state index contributed by atoms with van der Waals surface area (Å²) in [5, 5.41) is 0. The van der Waals surface area contributed by atoms with Crippen LogP contribution < -0.4 is 0 Å². The molecule has 2 atom stereocenters. The minimum atomic E-state index is 0.713. The van der Waals surface area contributed by atoms with Crippen molar-refractivity contribution in [1.29, 1.82) is 0 Å². The SMILES string of the molecule is CC1CCCN1C1CCc2cc(C3=COC=C(C4=CC=CCC4)O3)ccc2C1. The van der Waals surface area contributed by atoms with Crippen LogP contribution >= 0.6 is 0 Å². The predicted molar refractivity (Wildman–Crippen MR) is 112 cm³/mol. The zero-order chi connectivity index (χ0) is 18.9. The molecule has 1 aromatic carbocycles. The molecule has 4 aliphatic rings. The molecule has 1 aromatic rings. The van der Waals surface area contributed by atoms with Gasteiger partial charge >= 0.3 is 0 Å². The number of hydrogen-bond acceptors (Lipinski definition) is 3. The van der Waals surface area contributed by atoms with Gasteiger partial charge in [-0.25, -0.2) is 0 Å². The second kappa shape index (κ2) is 7.63. The summed E-state index contributed by atoms with van der Waals surface area (Å²) in [5.74, 6) is 1.65. The molecule has 3 heteroatoms. The Morgan fingerprint density at radius 2 is 1.96 bits per heavy atom. The van der Waals surface area contributed by atoms with Gasteiger partial charge in [0.15, 0.2) is 11.5 Å². The first-order valence-corrected chi connectivity index (χ1v) is 10.8. The van der Waals surface area contributed by atoms with E-state index in [1.54, 1.807) is 12.5 Å². The highest BCUT2D eigenvalue weighted by Crippen LogP contribution is 2.34. The minimum Gasteiger partial charge on any atom is -0.465 e. The molecule has 3 nitrogen and oxygen atoms in total. The summed E-state index contributed by atoms with van der Waals surface area (Å²) in [6, 6.07) is 8.28. The van der Waals surface area contributed by atoms with Gasteiger partial charge < -0.3 is 9.47 Å². The molecule has 2 aliphatic carbocycles. The third-order valence-corrected chi connectivity index (χ3v) is 6.67. The number of allylic oxidation sites excluding steroid dienone is 4. The number of nitrogens with zero attached hydrogens (tertiary/aromatic N) is 1. The largest absolute Gasteiger partial charge is 0.465 e. The number of benzene rings is 1. The first-order valence-electron chi connectivity index (χ1n) is 10.8. The molecule has 0 saturated carbocycles. The van der Waals surface area contributed by atoms with Crippen molar-refractivity contribution in [3.05, 3.63) is 77.0 Å². The summed E-state index contributed by atoms with van der Waals surface area (Å²) in [4.78, 5) is 2.74. The van der Waals surface area contributed by atoms with Gasteiger partial charge in [0.2, 0.25) is 0 Å². The van der Waals surface area contributed by atoms with Crippen LogP contribution in [0.2, 0.25) is 0 Å². The molecule has 28 heavy (non-hydrogen) atoms. The van der Waals surface area contributed by atoms with E-state index in [1.807, 2.05) is 0 Å². The summed E-state index contributed by atoms with van der Waals surface area (Å²) >= 11 is 0. The van der Waals surface area contributed by atoms with Crippen molar-refractivity contribution < 1.29 is 9.47 Å². The lowest BCUT2D eigenvalue weighted by atomic mass is 9.86. The van der Waals surface area contributed by atoms with Crippen LogP contribution in [0.5, 0.6) is 0 Å². The lowest BCUT2D eigenvalue weighted by Crippen LogP contribution is -2.41. The molecule has 2 heterocycles. The number of likely N-dealkylation sites (tertiary alicyclic amines) is 1. The minimum absolute atomic E-state index is 0.713. The number of rotatable bonds is 3. The fourth-order valence-corrected chi connectivity index (χ4v) is 5.07. The molecular weight excluding hydrogens is 346 g/mol. The molecule has 1 saturated heterocycles. The Balaban J connectivity index is 1.31. The highest BCUT2D eigenvalue weighted by Gasteiger charge is 2.30. The number of fused-ring (bicyclic) bond motifs is 1. The molecule has 0 N–H and O–H groups in total. The van der Waals surface area contributed by atoms with E-state index in [2.05, 4.69) is 48.3 Å². The third kappa shape index (κ3) is 3.44. The third-order valence-electron chi connectivity index (χ3n) is 6.67. The molecule has 0 bridgehead atoms. The van der Waals surface area contributed by atoms with Crippen molar-refractivity contribution in [2.45, 2.75) is 64.0 Å². The van der Waals surface area contributed by atoms with E-state index in [0.29, 0.717) is 6.04 Å². The van der Waals surface area contributed by atoms with E-state index in [9.17, 15) is 0 Å². The molecule has 0 amide bonds. The lowest BCUT2D eigenvalue weighted by Gasteiger charge is -2.35. The fraction of sp³-hybridized carbons (Fsp3) is 0.440. The maximum Gasteiger partial charge on any atom is 0.169 e. The Kier molecular flexibility index (Phi) is 4.86. The monoisotopic (exact) mass is 375 g/mol. The summed E-state index contributed by atoms with van der Waals surface area (Å²) in [5.41, 5.74) is 5.30. The average molecular weight is 376 g/mol. The number of hydrogen-bond donors (Lipinski definition) is 0. The number of ether oxygens (including phenoxy) is 2. The van der Waals surface area contributed by atoms with Crippen molar-refractivity contribution in [1.82, 2.24) is 4.90 Å². The van der Waals surface area contributed by atoms with Crippen LogP contribution in [0.1, 0.15) is 55.7 Å². The summed E-state index contributed by atoms with van der Waals surface area (Å²) in [6.45, 7) is 3.67. The van der Waals surface area contributed by atoms with Crippen molar-refractivity contribution in [3.63, 3.8) is 0 Å². The second-order valence-corrected chi connectivity index (χ2v) is 8.47. The van der Waals surface area contributed by atoms with Gasteiger partial charge in [0.1, 0.15) is 12.5 Å². The predicted octanol–water partition coefficient (Wildman–Crippen LogP) is 5.49. The lowest BCUT2D eigenvalue weighted by molar-refractivity contribution is 0.174. The molecule has 0 radical (unpaired) electrons. The maximum atomic E-state index is 6.21. The average Bonchev–Trinajstić information content (AvgIpc) is 3.19. The van der Waals surface area contributed by atoms with Crippen LogP contribution in [-0.4, -0.2) is 23.5 Å². The van der Waals surface area contributed by atoms with Gasteiger partial charge in [-0.1, -0.05) is 30.4 Å². The molecular formula is C25H29NO2. The van der Waals surface area contributed by atoms with Gasteiger partial charge in [-0.2, -0.15) is 0 Å². The van der Waals surface area contributed by atoms with Crippen LogP contribution in [0.4, 0.5) is 0 Å². The van der Waals surface area contributed by atoms with Crippen LogP contribution in [0.3, 0.4) is 0 Å². The highest BCUT2D eigenvalue weighted by atomic mass is 16.5. The first-order chi connectivity index (χ1) is 13.8. The number of aryl methyl sites for hydroxylation is 1. The van der Waals surface area contributed by atoms with Gasteiger partial charge in [-0.3, -0.25) is 4.90 Å². The van der Waals surface area contributed by atoms with E-state index in [-0.39, 0.29) is 0 Å². The Bertz CT molecular complexity index is 877. The van der Waals surface area contributed by atoms with Crippen molar-refractivity contribution in [2.75, 3.05) is 6.54 Å². The molecule has 0 aromatic heterocycles. The summed E-state index contributed by atoms with van der Waals surface area (Å²) in [6.07, 6.45) is 18.2. The molecule has 2 aliphatic heterocycles. The van der Waals surface area contributed by atoms with E-state index in [4.69, 9.17) is 9.47 Å². The maximum absolute atomic E-state index is 6.21. The fourth-order valence-electron chi connectivity index (χ4n) is 5.07. The molecule has 5 rings (SSSR count). The Morgan fingerprint density at radius 3 is 2.79 bits per heavy atom. The molecule has 1 fully saturated rings. The van der Waals surface area contributed by atoms with Crippen LogP contribution in [-0.2, 0) is 22.3 Å². The smallest absolute Gasteiger partial charge is 0.169 e. The Hall–Kier alpha value is -2.26. The van der Waals surface area contributed by atoms with E-state index in [0.717, 1.165) is 42.4 Å². The van der Waals surface area contributed by atoms with Gasteiger partial charge in [-0.05, 0) is 81.2 Å². The topological polar surface area (TPSA) is 21.7 Å². The van der Waals surface area contributed by atoms with Gasteiger partial charge in [-0.15, -0.1) is 0 Å². The molecule has 0 spiro atoms.